The lowest BCUT2D eigenvalue weighted by molar-refractivity contribution is 0.0950. The lowest BCUT2D eigenvalue weighted by atomic mass is 10.0. The Morgan fingerprint density at radius 3 is 2.53 bits per heavy atom. The van der Waals surface area contributed by atoms with Crippen LogP contribution in [0.5, 0.6) is 11.5 Å². The number of nitrogens with zero attached hydrogens (tertiary/aromatic N) is 1. The van der Waals surface area contributed by atoms with E-state index in [4.69, 9.17) is 14.5 Å². The van der Waals surface area contributed by atoms with Crippen LogP contribution >= 0.6 is 11.3 Å². The number of amides is 1. The molecule has 1 amide bonds. The van der Waals surface area contributed by atoms with E-state index in [0.29, 0.717) is 30.0 Å². The third-order valence-corrected chi connectivity index (χ3v) is 5.88. The van der Waals surface area contributed by atoms with Crippen molar-refractivity contribution in [2.45, 2.75) is 13.0 Å². The number of carbonyl (C=O) groups is 1. The summed E-state index contributed by atoms with van der Waals surface area (Å²) < 4.78 is 11.8. The van der Waals surface area contributed by atoms with E-state index in [1.54, 1.807) is 25.6 Å². The van der Waals surface area contributed by atoms with Gasteiger partial charge in [0.15, 0.2) is 11.5 Å². The highest BCUT2D eigenvalue weighted by Gasteiger charge is 2.14. The summed E-state index contributed by atoms with van der Waals surface area (Å²) in [6.45, 7) is 0.397. The van der Waals surface area contributed by atoms with Gasteiger partial charge in [-0.25, -0.2) is 4.98 Å². The molecular weight excluding hydrogens is 396 g/mol. The zero-order valence-corrected chi connectivity index (χ0v) is 17.7. The Morgan fingerprint density at radius 1 is 0.967 bits per heavy atom. The van der Waals surface area contributed by atoms with Crippen molar-refractivity contribution in [1.82, 2.24) is 10.3 Å². The number of ether oxygens (including phenoxy) is 2. The highest BCUT2D eigenvalue weighted by Crippen LogP contribution is 2.28. The second-order valence-electron chi connectivity index (χ2n) is 6.78. The normalized spacial score (nSPS) is 10.7. The molecule has 30 heavy (non-hydrogen) atoms. The molecule has 1 aromatic heterocycles. The summed E-state index contributed by atoms with van der Waals surface area (Å²) >= 11 is 1.66. The van der Waals surface area contributed by atoms with Gasteiger partial charge in [-0.3, -0.25) is 4.79 Å². The Kier molecular flexibility index (Phi) is 5.95. The van der Waals surface area contributed by atoms with E-state index in [1.165, 1.54) is 0 Å². The number of aromatic nitrogens is 1. The molecule has 4 rings (SSSR count). The summed E-state index contributed by atoms with van der Waals surface area (Å²) in [6, 6.07) is 21.4. The lowest BCUT2D eigenvalue weighted by Gasteiger charge is -2.12. The van der Waals surface area contributed by atoms with Crippen LogP contribution in [0.1, 0.15) is 26.5 Å². The zero-order chi connectivity index (χ0) is 20.9. The Hall–Kier alpha value is -3.38. The zero-order valence-electron chi connectivity index (χ0n) is 16.8. The molecule has 0 unspecified atom stereocenters. The van der Waals surface area contributed by atoms with Gasteiger partial charge in [-0.05, 0) is 41.5 Å². The third kappa shape index (κ3) is 4.28. The van der Waals surface area contributed by atoms with Gasteiger partial charge in [0.2, 0.25) is 0 Å². The predicted octanol–water partition coefficient (Wildman–Crippen LogP) is 4.83. The van der Waals surface area contributed by atoms with Crippen molar-refractivity contribution >= 4 is 27.5 Å². The highest BCUT2D eigenvalue weighted by molar-refractivity contribution is 7.18. The number of nitrogens with one attached hydrogen (secondary N) is 1. The van der Waals surface area contributed by atoms with Gasteiger partial charge in [-0.1, -0.05) is 36.4 Å². The van der Waals surface area contributed by atoms with Crippen LogP contribution in [0.15, 0.2) is 66.7 Å². The third-order valence-electron chi connectivity index (χ3n) is 4.84. The maximum Gasteiger partial charge on any atom is 0.251 e. The minimum Gasteiger partial charge on any atom is -0.493 e. The van der Waals surface area contributed by atoms with Crippen LogP contribution in [0.2, 0.25) is 0 Å². The van der Waals surface area contributed by atoms with E-state index in [2.05, 4.69) is 11.4 Å². The van der Waals surface area contributed by atoms with E-state index >= 15 is 0 Å². The molecule has 0 saturated heterocycles. The summed E-state index contributed by atoms with van der Waals surface area (Å²) in [4.78, 5) is 17.6. The summed E-state index contributed by atoms with van der Waals surface area (Å²) in [6.07, 6.45) is 0.624. The van der Waals surface area contributed by atoms with Crippen LogP contribution in [0.4, 0.5) is 0 Å². The summed E-state index contributed by atoms with van der Waals surface area (Å²) in [5.41, 5.74) is 3.55. The van der Waals surface area contributed by atoms with Gasteiger partial charge in [0, 0.05) is 18.5 Å². The Bertz CT molecular complexity index is 1150. The maximum atomic E-state index is 12.9. The number of hydrogen-bond donors (Lipinski definition) is 1. The SMILES string of the molecule is COc1ccc(CNC(=O)c2ccccc2Cc2nc3ccccc3s2)cc1OC. The molecule has 0 aliphatic rings. The number of hydrogen-bond acceptors (Lipinski definition) is 5. The molecule has 5 nitrogen and oxygen atoms in total. The number of para-hydroxylation sites is 1. The number of methoxy groups -OCH3 is 2. The second kappa shape index (κ2) is 8.97. The minimum atomic E-state index is -0.110. The maximum absolute atomic E-state index is 12.9. The van der Waals surface area contributed by atoms with Crippen molar-refractivity contribution in [3.63, 3.8) is 0 Å². The fraction of sp³-hybridized carbons (Fsp3) is 0.167. The number of thiazole rings is 1. The number of carbonyl (C=O) groups excluding carboxylic acids is 1. The Balaban J connectivity index is 1.49. The number of rotatable bonds is 7. The Morgan fingerprint density at radius 2 is 1.73 bits per heavy atom. The van der Waals surface area contributed by atoms with Gasteiger partial charge in [0.25, 0.3) is 5.91 Å². The largest absolute Gasteiger partial charge is 0.493 e. The average molecular weight is 419 g/mol. The highest BCUT2D eigenvalue weighted by atomic mass is 32.1. The van der Waals surface area contributed by atoms with Gasteiger partial charge in [0.05, 0.1) is 29.4 Å². The van der Waals surface area contributed by atoms with Crippen LogP contribution in [-0.2, 0) is 13.0 Å². The first-order valence-electron chi connectivity index (χ1n) is 9.59. The smallest absolute Gasteiger partial charge is 0.251 e. The standard InChI is InChI=1S/C24H22N2O3S/c1-28-20-12-11-16(13-21(20)29-2)15-25-24(27)18-8-4-3-7-17(18)14-23-26-19-9-5-6-10-22(19)30-23/h3-13H,14-15H2,1-2H3,(H,25,27). The Labute approximate surface area is 179 Å². The molecular formula is C24H22N2O3S. The molecule has 0 spiro atoms. The molecule has 1 heterocycles. The molecule has 1 N–H and O–H groups in total. The molecule has 0 saturated carbocycles. The second-order valence-corrected chi connectivity index (χ2v) is 7.90. The van der Waals surface area contributed by atoms with Crippen LogP contribution in [-0.4, -0.2) is 25.1 Å². The summed E-state index contributed by atoms with van der Waals surface area (Å²) in [7, 11) is 3.19. The van der Waals surface area contributed by atoms with E-state index in [0.717, 1.165) is 26.4 Å². The van der Waals surface area contributed by atoms with Crippen LogP contribution in [0.25, 0.3) is 10.2 Å². The van der Waals surface area contributed by atoms with Gasteiger partial charge < -0.3 is 14.8 Å². The fourth-order valence-corrected chi connectivity index (χ4v) is 4.31. The van der Waals surface area contributed by atoms with Gasteiger partial charge in [-0.15, -0.1) is 11.3 Å². The lowest BCUT2D eigenvalue weighted by Crippen LogP contribution is -2.24. The molecule has 4 aromatic rings. The molecule has 0 atom stereocenters. The van der Waals surface area contributed by atoms with Crippen molar-refractivity contribution in [3.05, 3.63) is 88.4 Å². The number of fused-ring (bicyclic) bond motifs is 1. The quantitative estimate of drug-likeness (QED) is 0.467. The molecule has 0 bridgehead atoms. The first-order chi connectivity index (χ1) is 14.7. The fourth-order valence-electron chi connectivity index (χ4n) is 3.32. The van der Waals surface area contributed by atoms with Crippen LogP contribution in [0, 0.1) is 0 Å². The number of benzene rings is 3. The predicted molar refractivity (Wildman–Crippen MR) is 120 cm³/mol. The molecule has 3 aromatic carbocycles. The average Bonchev–Trinajstić information content (AvgIpc) is 3.20. The van der Waals surface area contributed by atoms with Gasteiger partial charge in [0.1, 0.15) is 0 Å². The monoisotopic (exact) mass is 418 g/mol. The van der Waals surface area contributed by atoms with Gasteiger partial charge in [-0.2, -0.15) is 0 Å². The molecule has 0 aliphatic heterocycles. The first-order valence-corrected chi connectivity index (χ1v) is 10.4. The molecule has 0 aliphatic carbocycles. The van der Waals surface area contributed by atoms with Gasteiger partial charge >= 0.3 is 0 Å². The topological polar surface area (TPSA) is 60.5 Å². The van der Waals surface area contributed by atoms with E-state index in [9.17, 15) is 4.79 Å². The van der Waals surface area contributed by atoms with Crippen LogP contribution < -0.4 is 14.8 Å². The molecule has 0 radical (unpaired) electrons. The van der Waals surface area contributed by atoms with Crippen molar-refractivity contribution in [2.75, 3.05) is 14.2 Å². The van der Waals surface area contributed by atoms with E-state index in [1.807, 2.05) is 60.7 Å². The van der Waals surface area contributed by atoms with Crippen molar-refractivity contribution < 1.29 is 14.3 Å². The molecule has 0 fully saturated rings. The summed E-state index contributed by atoms with van der Waals surface area (Å²) in [5, 5.41) is 4.00. The summed E-state index contributed by atoms with van der Waals surface area (Å²) in [5.74, 6) is 1.19. The molecule has 152 valence electrons. The minimum absolute atomic E-state index is 0.110. The van der Waals surface area contributed by atoms with Crippen molar-refractivity contribution in [3.8, 4) is 11.5 Å². The van der Waals surface area contributed by atoms with Crippen LogP contribution in [0.3, 0.4) is 0 Å². The van der Waals surface area contributed by atoms with Crippen molar-refractivity contribution in [2.24, 2.45) is 0 Å². The van der Waals surface area contributed by atoms with Crippen molar-refractivity contribution in [1.29, 1.82) is 0 Å². The first kappa shape index (κ1) is 19.9. The van der Waals surface area contributed by atoms with E-state index in [-0.39, 0.29) is 5.91 Å². The van der Waals surface area contributed by atoms with E-state index < -0.39 is 0 Å². The molecule has 6 heteroatoms.